The van der Waals surface area contributed by atoms with Crippen molar-refractivity contribution >= 4 is 34.7 Å². The van der Waals surface area contributed by atoms with Gasteiger partial charge in [0.1, 0.15) is 17.8 Å². The van der Waals surface area contributed by atoms with E-state index in [9.17, 15) is 20.1 Å². The van der Waals surface area contributed by atoms with Crippen molar-refractivity contribution in [3.63, 3.8) is 0 Å². The van der Waals surface area contributed by atoms with E-state index in [-0.39, 0.29) is 18.3 Å². The molecule has 4 N–H and O–H groups in total. The number of amides is 1. The first-order valence-electron chi connectivity index (χ1n) is 8.26. The zero-order valence-electron chi connectivity index (χ0n) is 14.0. The van der Waals surface area contributed by atoms with Crippen molar-refractivity contribution in [1.29, 1.82) is 0 Å². The number of rotatable bonds is 4. The van der Waals surface area contributed by atoms with Gasteiger partial charge in [0.25, 0.3) is 5.91 Å². The van der Waals surface area contributed by atoms with E-state index in [0.717, 1.165) is 0 Å². The number of hydrogen-bond acceptors (Lipinski definition) is 8. The predicted octanol–water partition coefficient (Wildman–Crippen LogP) is 0.407. The number of thioether (sulfide) groups is 1. The van der Waals surface area contributed by atoms with Gasteiger partial charge >= 0.3 is 0 Å². The lowest BCUT2D eigenvalue weighted by atomic mass is 10.1. The zero-order valence-corrected chi connectivity index (χ0v) is 14.8. The molecule has 4 atom stereocenters. The van der Waals surface area contributed by atoms with Crippen LogP contribution in [-0.4, -0.2) is 64.8 Å². The molecule has 1 amide bonds. The van der Waals surface area contributed by atoms with E-state index < -0.39 is 22.8 Å². The summed E-state index contributed by atoms with van der Waals surface area (Å²) in [6.45, 7) is -0.251. The molecule has 2 aromatic heterocycles. The van der Waals surface area contributed by atoms with E-state index in [1.807, 2.05) is 6.07 Å². The fourth-order valence-corrected chi connectivity index (χ4v) is 4.38. The molecule has 1 fully saturated rings. The van der Waals surface area contributed by atoms with Gasteiger partial charge in [-0.15, -0.1) is 11.8 Å². The molecule has 27 heavy (non-hydrogen) atoms. The first-order chi connectivity index (χ1) is 13.1. The van der Waals surface area contributed by atoms with Crippen LogP contribution >= 0.6 is 11.8 Å². The fraction of sp³-hybridized carbons (Fsp3) is 0.294. The van der Waals surface area contributed by atoms with Gasteiger partial charge in [-0.05, 0) is 12.1 Å². The van der Waals surface area contributed by atoms with Crippen LogP contribution in [-0.2, 0) is 0 Å². The van der Waals surface area contributed by atoms with E-state index in [2.05, 4.69) is 20.3 Å². The Bertz CT molecular complexity index is 966. The number of aliphatic hydroxyl groups is 3. The van der Waals surface area contributed by atoms with E-state index in [1.54, 1.807) is 28.8 Å². The van der Waals surface area contributed by atoms with Gasteiger partial charge in [0.05, 0.1) is 24.3 Å². The summed E-state index contributed by atoms with van der Waals surface area (Å²) in [6, 6.07) is 8.73. The van der Waals surface area contributed by atoms with Crippen molar-refractivity contribution in [2.75, 3.05) is 11.9 Å². The molecular weight excluding hydrogens is 370 g/mol. The number of anilines is 1. The molecule has 1 aromatic carbocycles. The molecule has 0 bridgehead atoms. The highest BCUT2D eigenvalue weighted by Crippen LogP contribution is 2.42. The summed E-state index contributed by atoms with van der Waals surface area (Å²) < 4.78 is 1.61. The van der Waals surface area contributed by atoms with Gasteiger partial charge in [0, 0.05) is 5.56 Å². The van der Waals surface area contributed by atoms with Crippen LogP contribution < -0.4 is 5.32 Å². The first-order valence-corrected chi connectivity index (χ1v) is 9.21. The van der Waals surface area contributed by atoms with Crippen molar-refractivity contribution < 1.29 is 20.1 Å². The number of aromatic nitrogens is 4. The second-order valence-electron chi connectivity index (χ2n) is 6.10. The number of carbonyl (C=O) groups excluding carboxylic acids is 1. The third kappa shape index (κ3) is 3.16. The normalized spacial score (nSPS) is 25.0. The van der Waals surface area contributed by atoms with Crippen molar-refractivity contribution in [3.05, 3.63) is 48.5 Å². The van der Waals surface area contributed by atoms with Crippen LogP contribution in [0.3, 0.4) is 0 Å². The molecule has 4 rings (SSSR count). The number of nitrogens with one attached hydrogen (secondary N) is 1. The highest BCUT2D eigenvalue weighted by atomic mass is 32.2. The first kappa shape index (κ1) is 17.9. The lowest BCUT2D eigenvalue weighted by molar-refractivity contribution is 0.0113. The van der Waals surface area contributed by atoms with Gasteiger partial charge in [-0.3, -0.25) is 9.36 Å². The third-order valence-corrected chi connectivity index (χ3v) is 5.98. The molecule has 0 radical (unpaired) electrons. The standard InChI is InChI=1S/C17H17N5O4S/c23-6-10-12(24)13(25)17(27-10)22-8-20-11-14(18-7-19-15(11)22)21-16(26)9-4-2-1-3-5-9/h1-5,7-8,10,12-13,17,23-25H,6H2,(H,18,19,21,26)/t10-,12-,13-,17-/m1/s1. The molecule has 0 spiro atoms. The maximum Gasteiger partial charge on any atom is 0.256 e. The number of fused-ring (bicyclic) bond motifs is 1. The average Bonchev–Trinajstić information content (AvgIpc) is 3.25. The minimum Gasteiger partial charge on any atom is -0.395 e. The largest absolute Gasteiger partial charge is 0.395 e. The van der Waals surface area contributed by atoms with Crippen molar-refractivity contribution in [2.24, 2.45) is 0 Å². The van der Waals surface area contributed by atoms with Crippen LogP contribution in [0.5, 0.6) is 0 Å². The summed E-state index contributed by atoms with van der Waals surface area (Å²) in [5.74, 6) is -0.0689. The molecule has 1 saturated heterocycles. The quantitative estimate of drug-likeness (QED) is 0.506. The van der Waals surface area contributed by atoms with Gasteiger partial charge < -0.3 is 20.6 Å². The van der Waals surface area contributed by atoms with E-state index in [0.29, 0.717) is 16.7 Å². The lowest BCUT2D eigenvalue weighted by Crippen LogP contribution is -2.32. The van der Waals surface area contributed by atoms with Gasteiger partial charge in [-0.2, -0.15) is 0 Å². The van der Waals surface area contributed by atoms with Crippen LogP contribution in [0.4, 0.5) is 5.82 Å². The monoisotopic (exact) mass is 387 g/mol. The summed E-state index contributed by atoms with van der Waals surface area (Å²) in [7, 11) is 0. The third-order valence-electron chi connectivity index (χ3n) is 4.42. The molecule has 0 aliphatic carbocycles. The van der Waals surface area contributed by atoms with Gasteiger partial charge in [-0.25, -0.2) is 15.0 Å². The Hall–Kier alpha value is -2.53. The number of hydrogen-bond donors (Lipinski definition) is 4. The second kappa shape index (κ2) is 7.24. The molecule has 10 heteroatoms. The molecular formula is C17H17N5O4S. The molecule has 9 nitrogen and oxygen atoms in total. The second-order valence-corrected chi connectivity index (χ2v) is 7.46. The molecule has 1 aliphatic heterocycles. The molecule has 3 heterocycles. The van der Waals surface area contributed by atoms with Gasteiger partial charge in [0.2, 0.25) is 0 Å². The van der Waals surface area contributed by atoms with Crippen LogP contribution in [0.1, 0.15) is 15.7 Å². The summed E-state index contributed by atoms with van der Waals surface area (Å²) >= 11 is 1.24. The van der Waals surface area contributed by atoms with Crippen LogP contribution in [0.25, 0.3) is 11.2 Å². The van der Waals surface area contributed by atoms with Crippen molar-refractivity contribution in [1.82, 2.24) is 19.5 Å². The highest BCUT2D eigenvalue weighted by molar-refractivity contribution is 8.00. The number of benzene rings is 1. The Labute approximate surface area is 158 Å². The minimum atomic E-state index is -1.08. The molecule has 3 aromatic rings. The Kier molecular flexibility index (Phi) is 4.79. The maximum absolute atomic E-state index is 12.4. The number of nitrogens with zero attached hydrogens (tertiary/aromatic N) is 4. The summed E-state index contributed by atoms with van der Waals surface area (Å²) in [5.41, 5.74) is 1.27. The SMILES string of the molecule is O=C(Nc1ncnc2c1ncn2[C@@H]1S[C@H](CO)[C@@H](O)[C@H]1O)c1ccccc1. The Balaban J connectivity index is 1.65. The number of carbonyl (C=O) groups is 1. The average molecular weight is 387 g/mol. The summed E-state index contributed by atoms with van der Waals surface area (Å²) in [4.78, 5) is 25.0. The van der Waals surface area contributed by atoms with E-state index >= 15 is 0 Å². The van der Waals surface area contributed by atoms with Gasteiger partial charge in [0.15, 0.2) is 17.0 Å². The summed E-state index contributed by atoms with van der Waals surface area (Å²) in [6.07, 6.45) is 0.640. The lowest BCUT2D eigenvalue weighted by Gasteiger charge is -2.17. The van der Waals surface area contributed by atoms with Crippen molar-refractivity contribution in [3.8, 4) is 0 Å². The highest BCUT2D eigenvalue weighted by Gasteiger charge is 2.43. The number of imidazole rings is 1. The minimum absolute atomic E-state index is 0.251. The van der Waals surface area contributed by atoms with Crippen LogP contribution in [0, 0.1) is 0 Å². The molecule has 1 aliphatic rings. The Morgan fingerprint density at radius 3 is 2.63 bits per heavy atom. The van der Waals surface area contributed by atoms with Crippen LogP contribution in [0.15, 0.2) is 43.0 Å². The molecule has 0 saturated carbocycles. The molecule has 140 valence electrons. The molecule has 0 unspecified atom stereocenters. The summed E-state index contributed by atoms with van der Waals surface area (Å²) in [5, 5.41) is 31.4. The van der Waals surface area contributed by atoms with Gasteiger partial charge in [-0.1, -0.05) is 18.2 Å². The Morgan fingerprint density at radius 2 is 1.93 bits per heavy atom. The Morgan fingerprint density at radius 1 is 1.15 bits per heavy atom. The van der Waals surface area contributed by atoms with E-state index in [1.165, 1.54) is 24.4 Å². The fourth-order valence-electron chi connectivity index (χ4n) is 3.01. The smallest absolute Gasteiger partial charge is 0.256 e. The zero-order chi connectivity index (χ0) is 19.0. The van der Waals surface area contributed by atoms with Crippen molar-refractivity contribution in [2.45, 2.75) is 22.8 Å². The predicted molar refractivity (Wildman–Crippen MR) is 99.2 cm³/mol. The van der Waals surface area contributed by atoms with E-state index in [4.69, 9.17) is 0 Å². The maximum atomic E-state index is 12.4. The number of aliphatic hydroxyl groups excluding tert-OH is 3. The van der Waals surface area contributed by atoms with Crippen LogP contribution in [0.2, 0.25) is 0 Å². The topological polar surface area (TPSA) is 133 Å².